The number of hydrogen-bond acceptors (Lipinski definition) is 5. The molecule has 9 nitrogen and oxygen atoms in total. The molecule has 11 heteroatoms. The monoisotopic (exact) mass is 302 g/mol. The third-order valence-electron chi connectivity index (χ3n) is 1.88. The van der Waals surface area contributed by atoms with E-state index in [1.165, 1.54) is 6.20 Å². The number of aryl methyl sites for hydroxylation is 1. The first-order valence-electron chi connectivity index (χ1n) is 4.60. The number of imidazole rings is 1. The topological polar surface area (TPSA) is 147 Å². The van der Waals surface area contributed by atoms with Crippen molar-refractivity contribution in [2.24, 2.45) is 7.05 Å². The number of hydrogen-bond donors (Lipinski definition) is 3. The van der Waals surface area contributed by atoms with Gasteiger partial charge in [0.15, 0.2) is 0 Å². The summed E-state index contributed by atoms with van der Waals surface area (Å²) < 4.78 is 63.9. The summed E-state index contributed by atoms with van der Waals surface area (Å²) in [6.45, 7) is 1.69. The molecule has 0 aliphatic rings. The average molecular weight is 302 g/mol. The minimum Gasteiger partial charge on any atom is -0.337 e. The van der Waals surface area contributed by atoms with Gasteiger partial charge < -0.3 is 4.57 Å². The highest BCUT2D eigenvalue weighted by Gasteiger charge is 2.26. The molecule has 0 saturated carbocycles. The van der Waals surface area contributed by atoms with Crippen LogP contribution in [0.15, 0.2) is 12.4 Å². The van der Waals surface area contributed by atoms with Crippen molar-refractivity contribution in [1.82, 2.24) is 9.55 Å². The third-order valence-corrected chi connectivity index (χ3v) is 3.14. The van der Waals surface area contributed by atoms with E-state index in [0.717, 1.165) is 0 Å². The third kappa shape index (κ3) is 6.66. The molecular weight excluding hydrogens is 288 g/mol. The second kappa shape index (κ2) is 6.24. The molecule has 1 heterocycles. The van der Waals surface area contributed by atoms with E-state index in [-0.39, 0.29) is 0 Å². The molecule has 18 heavy (non-hydrogen) atoms. The van der Waals surface area contributed by atoms with Crippen molar-refractivity contribution in [3.8, 4) is 0 Å². The van der Waals surface area contributed by atoms with Crippen molar-refractivity contribution in [2.75, 3.05) is 0 Å². The first kappa shape index (κ1) is 17.0. The lowest BCUT2D eigenvalue weighted by Gasteiger charge is -2.10. The molecule has 0 bridgehead atoms. The van der Waals surface area contributed by atoms with Crippen LogP contribution >= 0.6 is 0 Å². The minimum atomic E-state index is -4.67. The summed E-state index contributed by atoms with van der Waals surface area (Å²) in [4.78, 5) is 3.88. The van der Waals surface area contributed by atoms with Crippen LogP contribution in [0.5, 0.6) is 0 Å². The van der Waals surface area contributed by atoms with E-state index in [2.05, 4.69) is 4.98 Å². The second-order valence-electron chi connectivity index (χ2n) is 3.26. The van der Waals surface area contributed by atoms with Crippen LogP contribution in [0.2, 0.25) is 0 Å². The number of aromatic nitrogens is 2. The van der Waals surface area contributed by atoms with Crippen LogP contribution in [0.25, 0.3) is 0 Å². The molecule has 1 aromatic rings. The summed E-state index contributed by atoms with van der Waals surface area (Å²) in [6.07, 6.45) is 3.45. The molecule has 0 spiro atoms. The van der Waals surface area contributed by atoms with E-state index in [0.29, 0.717) is 12.2 Å². The zero-order chi connectivity index (χ0) is 14.6. The van der Waals surface area contributed by atoms with Gasteiger partial charge in [0.1, 0.15) is 11.1 Å². The van der Waals surface area contributed by atoms with E-state index < -0.39 is 25.8 Å². The predicted octanol–water partition coefficient (Wildman–Crippen LogP) is 0.106. The maximum absolute atomic E-state index is 10.9. The molecule has 106 valence electrons. The minimum absolute atomic E-state index is 0.309. The Kier molecular flexibility index (Phi) is 5.89. The van der Waals surface area contributed by atoms with E-state index >= 15 is 0 Å². The number of nitrogens with zero attached hydrogens (tertiary/aromatic N) is 2. The van der Waals surface area contributed by atoms with Crippen LogP contribution < -0.4 is 0 Å². The maximum Gasteiger partial charge on any atom is 0.394 e. The van der Waals surface area contributed by atoms with Gasteiger partial charge in [0.05, 0.1) is 0 Å². The fraction of sp³-hybridized carbons (Fsp3) is 0.571. The zero-order valence-electron chi connectivity index (χ0n) is 9.62. The Labute approximate surface area is 105 Å². The largest absolute Gasteiger partial charge is 0.394 e. The summed E-state index contributed by atoms with van der Waals surface area (Å²) >= 11 is 0. The molecule has 1 unspecified atom stereocenters. The predicted molar refractivity (Wildman–Crippen MR) is 62.0 cm³/mol. The van der Waals surface area contributed by atoms with Crippen molar-refractivity contribution < 1.29 is 30.5 Å². The van der Waals surface area contributed by atoms with Gasteiger partial charge >= 0.3 is 10.4 Å². The second-order valence-corrected chi connectivity index (χ2v) is 5.75. The van der Waals surface area contributed by atoms with Crippen LogP contribution in [0.3, 0.4) is 0 Å². The molecule has 0 saturated heterocycles. The molecule has 0 radical (unpaired) electrons. The van der Waals surface area contributed by atoms with Gasteiger partial charge in [0.2, 0.25) is 0 Å². The summed E-state index contributed by atoms with van der Waals surface area (Å²) in [7, 11) is -7.02. The molecule has 0 aromatic carbocycles. The molecule has 0 aliphatic heterocycles. The smallest absolute Gasteiger partial charge is 0.337 e. The summed E-state index contributed by atoms with van der Waals surface area (Å²) in [5, 5.41) is -0.924. The fourth-order valence-corrected chi connectivity index (χ4v) is 2.13. The molecule has 0 amide bonds. The van der Waals surface area contributed by atoms with Gasteiger partial charge in [-0.2, -0.15) is 16.8 Å². The van der Waals surface area contributed by atoms with Crippen LogP contribution in [-0.4, -0.2) is 40.0 Å². The molecule has 1 atom stereocenters. The molecule has 1 aromatic heterocycles. The van der Waals surface area contributed by atoms with Crippen LogP contribution in [0, 0.1) is 0 Å². The highest BCUT2D eigenvalue weighted by Crippen LogP contribution is 2.22. The Morgan fingerprint density at radius 1 is 1.28 bits per heavy atom. The van der Waals surface area contributed by atoms with Crippen molar-refractivity contribution in [1.29, 1.82) is 0 Å². The summed E-state index contributed by atoms with van der Waals surface area (Å²) in [5.41, 5.74) is 0. The van der Waals surface area contributed by atoms with Gasteiger partial charge in [-0.1, -0.05) is 6.92 Å². The molecule has 0 fully saturated rings. The molecular formula is C7H14N2O7S2. The Morgan fingerprint density at radius 3 is 1.94 bits per heavy atom. The summed E-state index contributed by atoms with van der Waals surface area (Å²) in [5.74, 6) is 0.366. The molecule has 3 N–H and O–H groups in total. The Hall–Kier alpha value is -1.01. The first-order chi connectivity index (χ1) is 7.96. The lowest BCUT2D eigenvalue weighted by molar-refractivity contribution is 0.381. The van der Waals surface area contributed by atoms with Gasteiger partial charge in [0, 0.05) is 19.4 Å². The molecule has 0 aliphatic carbocycles. The highest BCUT2D eigenvalue weighted by molar-refractivity contribution is 7.86. The summed E-state index contributed by atoms with van der Waals surface area (Å²) in [6, 6.07) is 0. The maximum atomic E-state index is 10.9. The van der Waals surface area contributed by atoms with Gasteiger partial charge in [0.25, 0.3) is 10.1 Å². The van der Waals surface area contributed by atoms with Gasteiger partial charge in [-0.25, -0.2) is 4.98 Å². The average Bonchev–Trinajstić information content (AvgIpc) is 2.48. The van der Waals surface area contributed by atoms with E-state index in [9.17, 15) is 8.42 Å². The lowest BCUT2D eigenvalue weighted by Crippen LogP contribution is -2.15. The van der Waals surface area contributed by atoms with E-state index in [4.69, 9.17) is 22.1 Å². The van der Waals surface area contributed by atoms with Crippen molar-refractivity contribution in [2.45, 2.75) is 18.6 Å². The van der Waals surface area contributed by atoms with E-state index in [1.54, 1.807) is 24.7 Å². The zero-order valence-corrected chi connectivity index (χ0v) is 11.3. The van der Waals surface area contributed by atoms with Gasteiger partial charge in [-0.05, 0) is 6.42 Å². The van der Waals surface area contributed by atoms with Crippen LogP contribution in [0.1, 0.15) is 24.4 Å². The van der Waals surface area contributed by atoms with Crippen molar-refractivity contribution in [3.63, 3.8) is 0 Å². The first-order valence-corrected chi connectivity index (χ1v) is 7.50. The van der Waals surface area contributed by atoms with Gasteiger partial charge in [-0.15, -0.1) is 0 Å². The lowest BCUT2D eigenvalue weighted by atomic mass is 10.3. The fourth-order valence-electron chi connectivity index (χ4n) is 1.21. The number of rotatable bonds is 3. The quantitative estimate of drug-likeness (QED) is 0.666. The Balaban J connectivity index is 0.000000494. The van der Waals surface area contributed by atoms with Crippen LogP contribution in [-0.2, 0) is 27.6 Å². The highest BCUT2D eigenvalue weighted by atomic mass is 32.3. The molecule has 1 rings (SSSR count). The SMILES string of the molecule is CCC(c1nccn1C)S(=O)(=O)O.O=S(=O)(O)O. The van der Waals surface area contributed by atoms with Crippen LogP contribution in [0.4, 0.5) is 0 Å². The van der Waals surface area contributed by atoms with Gasteiger partial charge in [-0.3, -0.25) is 13.7 Å². The standard InChI is InChI=1S/C7H12N2O3S.H2O4S/c1-3-6(13(10,11)12)7-8-4-5-9(7)2;1-5(2,3)4/h4-6H,3H2,1-2H3,(H,10,11,12);(H2,1,2,3,4). The Morgan fingerprint density at radius 2 is 1.72 bits per heavy atom. The Bertz CT molecular complexity index is 567. The van der Waals surface area contributed by atoms with Crippen molar-refractivity contribution in [3.05, 3.63) is 18.2 Å². The normalized spacial score (nSPS) is 13.6. The van der Waals surface area contributed by atoms with Crippen molar-refractivity contribution >= 4 is 20.5 Å². The van der Waals surface area contributed by atoms with E-state index in [1.807, 2.05) is 0 Å².